The number of carbonyl (C=O) groups excluding carboxylic acids is 4. The Morgan fingerprint density at radius 2 is 1.93 bits per heavy atom. The predicted octanol–water partition coefficient (Wildman–Crippen LogP) is 2.73. The Kier molecular flexibility index (Phi) is 8.44. The summed E-state index contributed by atoms with van der Waals surface area (Å²) in [6.07, 6.45) is 7.25. The van der Waals surface area contributed by atoms with Gasteiger partial charge >= 0.3 is 17.8 Å². The summed E-state index contributed by atoms with van der Waals surface area (Å²) in [4.78, 5) is 51.3. The third kappa shape index (κ3) is 5.89. The van der Waals surface area contributed by atoms with Gasteiger partial charge in [-0.3, -0.25) is 14.5 Å². The van der Waals surface area contributed by atoms with Crippen LogP contribution in [0.4, 0.5) is 4.79 Å². The second kappa shape index (κ2) is 10.8. The molecule has 1 saturated heterocycles. The topological polar surface area (TPSA) is 86.8 Å². The quantitative estimate of drug-likeness (QED) is 0.376. The van der Waals surface area contributed by atoms with Gasteiger partial charge in [0.1, 0.15) is 12.3 Å². The number of hydrogen-bond acceptors (Lipinski definition) is 5. The fourth-order valence-electron chi connectivity index (χ4n) is 3.02. The highest BCUT2D eigenvalue weighted by atomic mass is 32.1. The Hall–Kier alpha value is -2.22. The van der Waals surface area contributed by atoms with Crippen molar-refractivity contribution < 1.29 is 19.2 Å². The van der Waals surface area contributed by atoms with Gasteiger partial charge in [-0.05, 0) is 17.9 Å². The largest absolute Gasteiger partial charge is 0.333 e. The Morgan fingerprint density at radius 1 is 1.19 bits per heavy atom. The van der Waals surface area contributed by atoms with E-state index in [1.54, 1.807) is 17.5 Å². The first kappa shape index (κ1) is 21.1. The number of nitrogens with one attached hydrogen (secondary N) is 1. The molecule has 0 radical (unpaired) electrons. The van der Waals surface area contributed by atoms with Crippen LogP contribution in [0.5, 0.6) is 0 Å². The van der Waals surface area contributed by atoms with Crippen LogP contribution in [-0.4, -0.2) is 53.6 Å². The van der Waals surface area contributed by atoms with Gasteiger partial charge in [0, 0.05) is 24.5 Å². The molecule has 27 heavy (non-hydrogen) atoms. The van der Waals surface area contributed by atoms with E-state index in [9.17, 15) is 19.2 Å². The van der Waals surface area contributed by atoms with E-state index >= 15 is 0 Å². The van der Waals surface area contributed by atoms with E-state index in [0.29, 0.717) is 24.3 Å². The number of hydrogen-bond donors (Lipinski definition) is 1. The van der Waals surface area contributed by atoms with E-state index in [4.69, 9.17) is 0 Å². The highest BCUT2D eigenvalue weighted by Crippen LogP contribution is 2.18. The highest BCUT2D eigenvalue weighted by Gasteiger charge is 2.36. The molecule has 1 unspecified atom stereocenters. The van der Waals surface area contributed by atoms with Crippen LogP contribution in [0.2, 0.25) is 0 Å². The summed E-state index contributed by atoms with van der Waals surface area (Å²) < 4.78 is 0. The number of aldehydes is 1. The van der Waals surface area contributed by atoms with Crippen molar-refractivity contribution in [3.05, 3.63) is 22.4 Å². The third-order valence-corrected chi connectivity index (χ3v) is 5.56. The third-order valence-electron chi connectivity index (χ3n) is 4.60. The lowest BCUT2D eigenvalue weighted by Gasteiger charge is -2.33. The number of rotatable bonds is 10. The SMILES string of the molecule is CCCCCCCCN1CCN(C(=O)NC(C=O)c2cccs2)C(=O)C1=O. The maximum absolute atomic E-state index is 12.4. The van der Waals surface area contributed by atoms with Gasteiger partial charge < -0.3 is 15.0 Å². The van der Waals surface area contributed by atoms with Crippen LogP contribution in [0.3, 0.4) is 0 Å². The zero-order chi connectivity index (χ0) is 19.6. The molecule has 4 amide bonds. The molecule has 0 aliphatic carbocycles. The molecule has 2 heterocycles. The molecule has 1 atom stereocenters. The number of unbranched alkanes of at least 4 members (excludes halogenated alkanes) is 5. The molecule has 0 aromatic carbocycles. The summed E-state index contributed by atoms with van der Waals surface area (Å²) in [6.45, 7) is 3.18. The second-order valence-electron chi connectivity index (χ2n) is 6.60. The summed E-state index contributed by atoms with van der Waals surface area (Å²) >= 11 is 1.34. The van der Waals surface area contributed by atoms with Crippen molar-refractivity contribution in [2.45, 2.75) is 51.5 Å². The lowest BCUT2D eigenvalue weighted by Crippen LogP contribution is -2.58. The fourth-order valence-corrected chi connectivity index (χ4v) is 3.75. The van der Waals surface area contributed by atoms with E-state index < -0.39 is 23.9 Å². The maximum Gasteiger partial charge on any atom is 0.325 e. The van der Waals surface area contributed by atoms with Crippen molar-refractivity contribution in [2.24, 2.45) is 0 Å². The van der Waals surface area contributed by atoms with Crippen molar-refractivity contribution in [3.63, 3.8) is 0 Å². The van der Waals surface area contributed by atoms with Crippen molar-refractivity contribution >= 4 is 35.5 Å². The minimum atomic E-state index is -0.833. The van der Waals surface area contributed by atoms with Crippen LogP contribution < -0.4 is 5.32 Å². The first-order valence-corrected chi connectivity index (χ1v) is 10.4. The zero-order valence-corrected chi connectivity index (χ0v) is 16.5. The summed E-state index contributed by atoms with van der Waals surface area (Å²) in [5.41, 5.74) is 0. The summed E-state index contributed by atoms with van der Waals surface area (Å²) in [6, 6.07) is 1.98. The maximum atomic E-state index is 12.4. The van der Waals surface area contributed by atoms with E-state index in [0.717, 1.165) is 24.2 Å². The number of nitrogens with zero attached hydrogens (tertiary/aromatic N) is 2. The smallest absolute Gasteiger partial charge is 0.325 e. The zero-order valence-electron chi connectivity index (χ0n) is 15.7. The van der Waals surface area contributed by atoms with Gasteiger partial charge in [0.05, 0.1) is 0 Å². The van der Waals surface area contributed by atoms with Crippen LogP contribution >= 0.6 is 11.3 Å². The lowest BCUT2D eigenvalue weighted by atomic mass is 10.1. The van der Waals surface area contributed by atoms with Crippen LogP contribution in [0.15, 0.2) is 17.5 Å². The number of carbonyl (C=O) groups is 4. The van der Waals surface area contributed by atoms with Gasteiger partial charge in [0.25, 0.3) is 0 Å². The summed E-state index contributed by atoms with van der Waals surface area (Å²) in [7, 11) is 0. The first-order valence-electron chi connectivity index (χ1n) is 9.48. The number of imide groups is 1. The molecular weight excluding hydrogens is 366 g/mol. The molecule has 1 aromatic rings. The number of amides is 4. The molecule has 1 aliphatic rings. The molecule has 2 rings (SSSR count). The summed E-state index contributed by atoms with van der Waals surface area (Å²) in [5.74, 6) is -1.48. The van der Waals surface area contributed by atoms with Gasteiger partial charge in [-0.1, -0.05) is 45.1 Å². The van der Waals surface area contributed by atoms with Gasteiger partial charge in [-0.15, -0.1) is 11.3 Å². The summed E-state index contributed by atoms with van der Waals surface area (Å²) in [5, 5.41) is 4.31. The first-order chi connectivity index (χ1) is 13.1. The highest BCUT2D eigenvalue weighted by molar-refractivity contribution is 7.10. The average Bonchev–Trinajstić information content (AvgIpc) is 3.20. The molecule has 1 fully saturated rings. The molecule has 1 N–H and O–H groups in total. The Bertz CT molecular complexity index is 647. The van der Waals surface area contributed by atoms with Gasteiger partial charge in [0.2, 0.25) is 0 Å². The van der Waals surface area contributed by atoms with Crippen LogP contribution in [0, 0.1) is 0 Å². The van der Waals surface area contributed by atoms with Crippen molar-refractivity contribution in [1.29, 1.82) is 0 Å². The van der Waals surface area contributed by atoms with Gasteiger partial charge in [-0.25, -0.2) is 4.79 Å². The van der Waals surface area contributed by atoms with Crippen LogP contribution in [-0.2, 0) is 14.4 Å². The molecule has 8 heteroatoms. The lowest BCUT2D eigenvalue weighted by molar-refractivity contribution is -0.153. The van der Waals surface area contributed by atoms with E-state index in [1.165, 1.54) is 35.5 Å². The molecule has 1 aromatic heterocycles. The van der Waals surface area contributed by atoms with Gasteiger partial charge in [0.15, 0.2) is 0 Å². The van der Waals surface area contributed by atoms with Crippen molar-refractivity contribution in [2.75, 3.05) is 19.6 Å². The fraction of sp³-hybridized carbons (Fsp3) is 0.579. The Balaban J connectivity index is 1.82. The number of piperazine rings is 1. The Labute approximate surface area is 163 Å². The van der Waals surface area contributed by atoms with Crippen LogP contribution in [0.1, 0.15) is 56.4 Å². The predicted molar refractivity (Wildman–Crippen MR) is 103 cm³/mol. The molecule has 0 spiro atoms. The molecular formula is C19H27N3O4S. The molecule has 1 aliphatic heterocycles. The van der Waals surface area contributed by atoms with E-state index in [2.05, 4.69) is 12.2 Å². The van der Waals surface area contributed by atoms with Crippen LogP contribution in [0.25, 0.3) is 0 Å². The Morgan fingerprint density at radius 3 is 2.59 bits per heavy atom. The molecule has 7 nitrogen and oxygen atoms in total. The minimum absolute atomic E-state index is 0.141. The molecule has 0 bridgehead atoms. The van der Waals surface area contributed by atoms with Gasteiger partial charge in [-0.2, -0.15) is 0 Å². The monoisotopic (exact) mass is 393 g/mol. The second-order valence-corrected chi connectivity index (χ2v) is 7.57. The normalized spacial score (nSPS) is 15.7. The number of urea groups is 1. The average molecular weight is 394 g/mol. The minimum Gasteiger partial charge on any atom is -0.333 e. The van der Waals surface area contributed by atoms with Crippen molar-refractivity contribution in [1.82, 2.24) is 15.1 Å². The van der Waals surface area contributed by atoms with E-state index in [1.807, 2.05) is 0 Å². The molecule has 148 valence electrons. The van der Waals surface area contributed by atoms with E-state index in [-0.39, 0.29) is 6.54 Å². The number of thiophene rings is 1. The standard InChI is InChI=1S/C19H27N3O4S/c1-2-3-4-5-6-7-10-21-11-12-22(18(25)17(21)24)19(26)20-15(14-23)16-9-8-13-27-16/h8-9,13-15H,2-7,10-12H2,1H3,(H,20,26). The molecule has 0 saturated carbocycles. The van der Waals surface area contributed by atoms with Crippen molar-refractivity contribution in [3.8, 4) is 0 Å².